The van der Waals surface area contributed by atoms with Crippen LogP contribution < -0.4 is 9.47 Å². The lowest BCUT2D eigenvalue weighted by Gasteiger charge is -2.42. The lowest BCUT2D eigenvalue weighted by molar-refractivity contribution is -0.133. The summed E-state index contributed by atoms with van der Waals surface area (Å²) in [4.78, 5) is 17.7. The van der Waals surface area contributed by atoms with Gasteiger partial charge in [0, 0.05) is 27.8 Å². The number of piperidine rings is 1. The van der Waals surface area contributed by atoms with E-state index in [-0.39, 0.29) is 24.2 Å². The third kappa shape index (κ3) is 4.78. The first-order valence-corrected chi connectivity index (χ1v) is 12.2. The Balaban J connectivity index is 1.58. The van der Waals surface area contributed by atoms with Crippen LogP contribution in [0, 0.1) is 0 Å². The second-order valence-corrected chi connectivity index (χ2v) is 10.5. The van der Waals surface area contributed by atoms with E-state index in [2.05, 4.69) is 75.0 Å². The van der Waals surface area contributed by atoms with E-state index in [0.717, 1.165) is 51.9 Å². The molecule has 0 saturated carbocycles. The number of benzene rings is 2. The maximum atomic E-state index is 13.5. The van der Waals surface area contributed by atoms with Crippen molar-refractivity contribution in [2.24, 2.45) is 0 Å². The van der Waals surface area contributed by atoms with E-state index in [1.807, 2.05) is 24.1 Å². The highest BCUT2D eigenvalue weighted by molar-refractivity contribution is 9.11. The van der Waals surface area contributed by atoms with Gasteiger partial charge in [0.25, 0.3) is 0 Å². The quantitative estimate of drug-likeness (QED) is 0.491. The first kappa shape index (κ1) is 22.6. The standard InChI is InChI=1S/C24H28Br2N2O3/c1-16(17-10-19(25)13-20(26)11-17)28(3)23(29)14-24(6-8-27(2)9-7-24)18-4-5-21-22(12-18)31-15-30-21/h4-5,10-13,16H,6-9,14-15H2,1-3H3. The van der Waals surface area contributed by atoms with Gasteiger partial charge >= 0.3 is 0 Å². The number of halogens is 2. The number of likely N-dealkylation sites (tertiary alicyclic amines) is 1. The molecule has 0 spiro atoms. The van der Waals surface area contributed by atoms with Gasteiger partial charge in [-0.25, -0.2) is 0 Å². The molecule has 0 aromatic heterocycles. The molecule has 0 bridgehead atoms. The Morgan fingerprint density at radius 3 is 2.42 bits per heavy atom. The Kier molecular flexibility index (Phi) is 6.65. The molecule has 4 rings (SSSR count). The average molecular weight is 552 g/mol. The molecule has 1 unspecified atom stereocenters. The normalized spacial score (nSPS) is 18.6. The van der Waals surface area contributed by atoms with Crippen LogP contribution in [0.5, 0.6) is 11.5 Å². The van der Waals surface area contributed by atoms with E-state index >= 15 is 0 Å². The van der Waals surface area contributed by atoms with Crippen molar-refractivity contribution in [3.63, 3.8) is 0 Å². The summed E-state index contributed by atoms with van der Waals surface area (Å²) in [7, 11) is 4.05. The highest BCUT2D eigenvalue weighted by atomic mass is 79.9. The van der Waals surface area contributed by atoms with Crippen LogP contribution in [0.1, 0.15) is 43.4 Å². The molecule has 1 saturated heterocycles. The van der Waals surface area contributed by atoms with Crippen LogP contribution in [0.3, 0.4) is 0 Å². The van der Waals surface area contributed by atoms with E-state index < -0.39 is 0 Å². The van der Waals surface area contributed by atoms with Crippen molar-refractivity contribution >= 4 is 37.8 Å². The van der Waals surface area contributed by atoms with Gasteiger partial charge in [0.05, 0.1) is 6.04 Å². The number of ether oxygens (including phenoxy) is 2. The second kappa shape index (κ2) is 9.12. The predicted octanol–water partition coefficient (Wildman–Crippen LogP) is 5.51. The molecule has 2 aromatic rings. The molecule has 0 radical (unpaired) electrons. The van der Waals surface area contributed by atoms with Crippen LogP contribution >= 0.6 is 31.9 Å². The molecule has 166 valence electrons. The molecule has 2 aliphatic heterocycles. The van der Waals surface area contributed by atoms with E-state index in [0.29, 0.717) is 6.42 Å². The lowest BCUT2D eigenvalue weighted by atomic mass is 9.70. The third-order valence-corrected chi connectivity index (χ3v) is 7.68. The van der Waals surface area contributed by atoms with Gasteiger partial charge in [-0.2, -0.15) is 0 Å². The highest BCUT2D eigenvalue weighted by Crippen LogP contribution is 2.43. The Bertz CT molecular complexity index is 953. The Morgan fingerprint density at radius 2 is 1.74 bits per heavy atom. The number of amides is 1. The smallest absolute Gasteiger partial charge is 0.231 e. The maximum absolute atomic E-state index is 13.5. The monoisotopic (exact) mass is 550 g/mol. The zero-order chi connectivity index (χ0) is 22.2. The van der Waals surface area contributed by atoms with Crippen LogP contribution in [-0.4, -0.2) is 49.7 Å². The fraction of sp³-hybridized carbons (Fsp3) is 0.458. The minimum atomic E-state index is -0.198. The third-order valence-electron chi connectivity index (χ3n) is 6.76. The van der Waals surface area contributed by atoms with Crippen LogP contribution in [0.25, 0.3) is 0 Å². The molecule has 1 amide bonds. The largest absolute Gasteiger partial charge is 0.454 e. The van der Waals surface area contributed by atoms with Crippen molar-refractivity contribution in [1.29, 1.82) is 0 Å². The zero-order valence-electron chi connectivity index (χ0n) is 18.2. The minimum absolute atomic E-state index is 0.0265. The van der Waals surface area contributed by atoms with Gasteiger partial charge in [-0.1, -0.05) is 37.9 Å². The van der Waals surface area contributed by atoms with E-state index in [9.17, 15) is 4.79 Å². The maximum Gasteiger partial charge on any atom is 0.231 e. The molecule has 0 N–H and O–H groups in total. The number of hydrogen-bond acceptors (Lipinski definition) is 4. The lowest BCUT2D eigenvalue weighted by Crippen LogP contribution is -2.44. The number of hydrogen-bond donors (Lipinski definition) is 0. The van der Waals surface area contributed by atoms with Crippen LogP contribution in [0.15, 0.2) is 45.3 Å². The molecule has 7 heteroatoms. The van der Waals surface area contributed by atoms with Gasteiger partial charge in [-0.3, -0.25) is 4.79 Å². The molecule has 2 aliphatic rings. The Labute approximate surface area is 200 Å². The summed E-state index contributed by atoms with van der Waals surface area (Å²) in [5, 5.41) is 0. The molecule has 31 heavy (non-hydrogen) atoms. The van der Waals surface area contributed by atoms with E-state index in [4.69, 9.17) is 9.47 Å². The molecule has 1 fully saturated rings. The predicted molar refractivity (Wildman–Crippen MR) is 129 cm³/mol. The van der Waals surface area contributed by atoms with Crippen LogP contribution in [-0.2, 0) is 10.2 Å². The summed E-state index contributed by atoms with van der Waals surface area (Å²) in [5.74, 6) is 1.72. The summed E-state index contributed by atoms with van der Waals surface area (Å²) < 4.78 is 13.1. The van der Waals surface area contributed by atoms with Crippen molar-refractivity contribution in [3.05, 3.63) is 56.5 Å². The summed E-state index contributed by atoms with van der Waals surface area (Å²) in [6.45, 7) is 4.28. The first-order chi connectivity index (χ1) is 14.8. The summed E-state index contributed by atoms with van der Waals surface area (Å²) in [6, 6.07) is 12.3. The van der Waals surface area contributed by atoms with Gasteiger partial charge in [-0.15, -0.1) is 0 Å². The summed E-state index contributed by atoms with van der Waals surface area (Å²) in [6.07, 6.45) is 2.37. The van der Waals surface area contributed by atoms with Crippen molar-refractivity contribution < 1.29 is 14.3 Å². The minimum Gasteiger partial charge on any atom is -0.454 e. The molecule has 5 nitrogen and oxygen atoms in total. The number of rotatable bonds is 5. The van der Waals surface area contributed by atoms with Crippen molar-refractivity contribution in [2.45, 2.75) is 37.6 Å². The van der Waals surface area contributed by atoms with Crippen molar-refractivity contribution in [1.82, 2.24) is 9.80 Å². The molecule has 1 atom stereocenters. The van der Waals surface area contributed by atoms with E-state index in [1.165, 1.54) is 5.56 Å². The molecule has 0 aliphatic carbocycles. The van der Waals surface area contributed by atoms with Gasteiger partial charge in [0.15, 0.2) is 11.5 Å². The fourth-order valence-corrected chi connectivity index (χ4v) is 5.84. The SMILES string of the molecule is CC(c1cc(Br)cc(Br)c1)N(C)C(=O)CC1(c2ccc3c(c2)OCO3)CCN(C)CC1. The van der Waals surface area contributed by atoms with Crippen LogP contribution in [0.2, 0.25) is 0 Å². The summed E-state index contributed by atoms with van der Waals surface area (Å²) >= 11 is 7.11. The zero-order valence-corrected chi connectivity index (χ0v) is 21.3. The van der Waals surface area contributed by atoms with Gasteiger partial charge in [-0.05, 0) is 81.4 Å². The number of carbonyl (C=O) groups is 1. The molecular weight excluding hydrogens is 524 g/mol. The summed E-state index contributed by atoms with van der Waals surface area (Å²) in [5.41, 5.74) is 2.07. The topological polar surface area (TPSA) is 42.0 Å². The second-order valence-electron chi connectivity index (χ2n) is 8.71. The molecule has 2 aromatic carbocycles. The van der Waals surface area contributed by atoms with E-state index in [1.54, 1.807) is 0 Å². The first-order valence-electron chi connectivity index (χ1n) is 10.6. The van der Waals surface area contributed by atoms with Gasteiger partial charge in [0.1, 0.15) is 0 Å². The number of fused-ring (bicyclic) bond motifs is 1. The number of nitrogens with zero attached hydrogens (tertiary/aromatic N) is 2. The number of carbonyl (C=O) groups excluding carboxylic acids is 1. The van der Waals surface area contributed by atoms with Crippen molar-refractivity contribution in [2.75, 3.05) is 34.0 Å². The fourth-order valence-electron chi connectivity index (χ4n) is 4.51. The van der Waals surface area contributed by atoms with Gasteiger partial charge < -0.3 is 19.3 Å². The Morgan fingerprint density at radius 1 is 1.10 bits per heavy atom. The Hall–Kier alpha value is -1.57. The molecular formula is C24H28Br2N2O3. The molecule has 2 heterocycles. The van der Waals surface area contributed by atoms with Crippen molar-refractivity contribution in [3.8, 4) is 11.5 Å². The van der Waals surface area contributed by atoms with Gasteiger partial charge in [0.2, 0.25) is 12.7 Å². The highest BCUT2D eigenvalue weighted by Gasteiger charge is 2.39. The average Bonchev–Trinajstić information content (AvgIpc) is 3.21. The van der Waals surface area contributed by atoms with Crippen LogP contribution in [0.4, 0.5) is 0 Å².